The molecule has 0 radical (unpaired) electrons. The van der Waals surface area contributed by atoms with Crippen molar-refractivity contribution in [3.63, 3.8) is 0 Å². The minimum absolute atomic E-state index is 0.123. The molecule has 0 fully saturated rings. The number of hydrogen-bond donors (Lipinski definition) is 2. The Morgan fingerprint density at radius 3 is 2.52 bits per heavy atom. The van der Waals surface area contributed by atoms with Crippen molar-refractivity contribution in [2.45, 2.75) is 19.9 Å². The molecular weight excluding hydrogens is 486 g/mol. The van der Waals surface area contributed by atoms with Crippen molar-refractivity contribution in [3.8, 4) is 16.9 Å². The van der Waals surface area contributed by atoms with Crippen LogP contribution in [0.25, 0.3) is 11.1 Å². The summed E-state index contributed by atoms with van der Waals surface area (Å²) in [6.07, 6.45) is 1.80. The molecule has 2 aromatic carbocycles. The molecule has 0 aliphatic rings. The van der Waals surface area contributed by atoms with Gasteiger partial charge in [0, 0.05) is 35.0 Å². The second-order valence-electron chi connectivity index (χ2n) is 7.13. The molecule has 2 N–H and O–H groups in total. The summed E-state index contributed by atoms with van der Waals surface area (Å²) in [4.78, 5) is 28.0. The first kappa shape index (κ1) is 24.3. The second kappa shape index (κ2) is 12.0. The topological polar surface area (TPSA) is 89.5 Å². The van der Waals surface area contributed by atoms with Crippen molar-refractivity contribution in [1.82, 2.24) is 10.3 Å². The van der Waals surface area contributed by atoms with Crippen LogP contribution in [0.15, 0.2) is 65.3 Å². The average molecular weight is 512 g/mol. The number of anilines is 1. The number of methoxy groups -OCH3 is 1. The fraction of sp³-hybridized carbons (Fsp3) is 0.240. The minimum Gasteiger partial charge on any atom is -0.497 e. The fourth-order valence-electron chi connectivity index (χ4n) is 3.18. The van der Waals surface area contributed by atoms with Crippen LogP contribution in [0.1, 0.15) is 29.4 Å². The molecule has 33 heavy (non-hydrogen) atoms. The van der Waals surface area contributed by atoms with Crippen molar-refractivity contribution in [3.05, 3.63) is 76.5 Å². The summed E-state index contributed by atoms with van der Waals surface area (Å²) in [5, 5.41) is 6.11. The van der Waals surface area contributed by atoms with Crippen molar-refractivity contribution in [1.29, 1.82) is 0 Å². The Morgan fingerprint density at radius 1 is 1.06 bits per heavy atom. The Bertz CT molecular complexity index is 1090. The highest BCUT2D eigenvalue weighted by molar-refractivity contribution is 9.10. The molecule has 0 unspecified atom stereocenters. The first-order valence-electron chi connectivity index (χ1n) is 10.6. The average Bonchev–Trinajstić information content (AvgIpc) is 2.83. The molecule has 1 amide bonds. The molecule has 0 spiro atoms. The molecule has 0 atom stereocenters. The van der Waals surface area contributed by atoms with Crippen molar-refractivity contribution in [2.75, 3.05) is 25.6 Å². The van der Waals surface area contributed by atoms with E-state index in [1.165, 1.54) is 0 Å². The smallest absolute Gasteiger partial charge is 0.307 e. The molecule has 1 aromatic heterocycles. The summed E-state index contributed by atoms with van der Waals surface area (Å²) in [6, 6.07) is 17.4. The number of carbonyl (C=O) groups is 2. The number of hydrogen-bond acceptors (Lipinski definition) is 6. The van der Waals surface area contributed by atoms with Gasteiger partial charge in [-0.25, -0.2) is 0 Å². The summed E-state index contributed by atoms with van der Waals surface area (Å²) < 4.78 is 11.3. The number of rotatable bonds is 10. The van der Waals surface area contributed by atoms with Crippen LogP contribution in [-0.2, 0) is 16.1 Å². The van der Waals surface area contributed by atoms with Gasteiger partial charge in [-0.2, -0.15) is 0 Å². The third-order valence-corrected chi connectivity index (χ3v) is 5.40. The number of ether oxygens (including phenoxy) is 2. The van der Waals surface area contributed by atoms with Crippen LogP contribution in [0.2, 0.25) is 0 Å². The first-order valence-corrected chi connectivity index (χ1v) is 11.4. The van der Waals surface area contributed by atoms with E-state index in [0.29, 0.717) is 13.2 Å². The number of halogens is 1. The van der Waals surface area contributed by atoms with Crippen molar-refractivity contribution in [2.24, 2.45) is 0 Å². The first-order chi connectivity index (χ1) is 16.0. The normalized spacial score (nSPS) is 10.4. The summed E-state index contributed by atoms with van der Waals surface area (Å²) >= 11 is 3.44. The molecule has 7 nitrogen and oxygen atoms in total. The Morgan fingerprint density at radius 2 is 1.85 bits per heavy atom. The summed E-state index contributed by atoms with van der Waals surface area (Å²) in [6.45, 7) is 2.85. The molecule has 0 aliphatic heterocycles. The van der Waals surface area contributed by atoms with Crippen LogP contribution in [0.5, 0.6) is 5.75 Å². The standard InChI is InChI=1S/C25H26BrN3O4/c1-3-33-24(30)12-13-27-25(31)23-11-4-17(15-29-23)22-10-9-21(32-2)14-18(22)16-28-20-7-5-19(26)6-8-20/h4-11,14-15,28H,3,12-13,16H2,1-2H3,(H,27,31). The molecule has 0 bridgehead atoms. The minimum atomic E-state index is -0.343. The van der Waals surface area contributed by atoms with E-state index >= 15 is 0 Å². The van der Waals surface area contributed by atoms with E-state index in [1.807, 2.05) is 48.5 Å². The molecule has 0 saturated heterocycles. The summed E-state index contributed by atoms with van der Waals surface area (Å²) in [5.41, 5.74) is 4.19. The number of aromatic nitrogens is 1. The lowest BCUT2D eigenvalue weighted by molar-refractivity contribution is -0.142. The van der Waals surface area contributed by atoms with E-state index < -0.39 is 0 Å². The largest absolute Gasteiger partial charge is 0.497 e. The predicted molar refractivity (Wildman–Crippen MR) is 131 cm³/mol. The van der Waals surface area contributed by atoms with Gasteiger partial charge in [-0.3, -0.25) is 14.6 Å². The highest BCUT2D eigenvalue weighted by atomic mass is 79.9. The number of pyridine rings is 1. The van der Waals surface area contributed by atoms with Gasteiger partial charge in [-0.05, 0) is 60.5 Å². The van der Waals surface area contributed by atoms with Gasteiger partial charge in [0.2, 0.25) is 0 Å². The SMILES string of the molecule is CCOC(=O)CCNC(=O)c1ccc(-c2ccc(OC)cc2CNc2ccc(Br)cc2)cn1. The Labute approximate surface area is 201 Å². The zero-order chi connectivity index (χ0) is 23.6. The number of nitrogens with zero attached hydrogens (tertiary/aromatic N) is 1. The summed E-state index contributed by atoms with van der Waals surface area (Å²) in [7, 11) is 1.64. The van der Waals surface area contributed by atoms with Gasteiger partial charge in [-0.1, -0.05) is 28.1 Å². The predicted octanol–water partition coefficient (Wildman–Crippen LogP) is 4.81. The third-order valence-electron chi connectivity index (χ3n) is 4.87. The van der Waals surface area contributed by atoms with E-state index in [2.05, 4.69) is 31.5 Å². The second-order valence-corrected chi connectivity index (χ2v) is 8.04. The Hall–Kier alpha value is -3.39. The maximum absolute atomic E-state index is 12.3. The van der Waals surface area contributed by atoms with Gasteiger partial charge in [-0.15, -0.1) is 0 Å². The van der Waals surface area contributed by atoms with E-state index in [0.717, 1.165) is 32.6 Å². The maximum Gasteiger partial charge on any atom is 0.307 e. The molecule has 0 saturated carbocycles. The quantitative estimate of drug-likeness (QED) is 0.379. The van der Waals surface area contributed by atoms with E-state index in [4.69, 9.17) is 9.47 Å². The zero-order valence-corrected chi connectivity index (χ0v) is 20.1. The molecule has 8 heteroatoms. The molecule has 3 aromatic rings. The molecular formula is C25H26BrN3O4. The van der Waals surface area contributed by atoms with Gasteiger partial charge in [0.15, 0.2) is 0 Å². The van der Waals surface area contributed by atoms with Crippen molar-refractivity contribution < 1.29 is 19.1 Å². The summed E-state index contributed by atoms with van der Waals surface area (Å²) in [5.74, 6) is 0.0829. The van der Waals surface area contributed by atoms with E-state index in [9.17, 15) is 9.59 Å². The van der Waals surface area contributed by atoms with Crippen LogP contribution in [0.4, 0.5) is 5.69 Å². The van der Waals surface area contributed by atoms with Crippen LogP contribution in [-0.4, -0.2) is 37.1 Å². The Kier molecular flexibility index (Phi) is 8.83. The number of benzene rings is 2. The molecule has 1 heterocycles. The van der Waals surface area contributed by atoms with Crippen LogP contribution in [0, 0.1) is 0 Å². The fourth-order valence-corrected chi connectivity index (χ4v) is 3.44. The van der Waals surface area contributed by atoms with Gasteiger partial charge >= 0.3 is 5.97 Å². The third kappa shape index (κ3) is 7.05. The van der Waals surface area contributed by atoms with Gasteiger partial charge in [0.25, 0.3) is 5.91 Å². The molecule has 172 valence electrons. The van der Waals surface area contributed by atoms with Crippen LogP contribution < -0.4 is 15.4 Å². The highest BCUT2D eigenvalue weighted by Gasteiger charge is 2.11. The van der Waals surface area contributed by atoms with Gasteiger partial charge in [0.05, 0.1) is 20.1 Å². The lowest BCUT2D eigenvalue weighted by atomic mass is 10.00. The van der Waals surface area contributed by atoms with Gasteiger partial charge < -0.3 is 20.1 Å². The lowest BCUT2D eigenvalue weighted by Gasteiger charge is -2.14. The zero-order valence-electron chi connectivity index (χ0n) is 18.6. The lowest BCUT2D eigenvalue weighted by Crippen LogP contribution is -2.27. The number of carbonyl (C=O) groups excluding carboxylic acids is 2. The number of esters is 1. The monoisotopic (exact) mass is 511 g/mol. The molecule has 0 aliphatic carbocycles. The van der Waals surface area contributed by atoms with E-state index in [-0.39, 0.29) is 30.5 Å². The molecule has 3 rings (SSSR count). The van der Waals surface area contributed by atoms with Gasteiger partial charge in [0.1, 0.15) is 11.4 Å². The van der Waals surface area contributed by atoms with E-state index in [1.54, 1.807) is 26.3 Å². The number of nitrogens with one attached hydrogen (secondary N) is 2. The van der Waals surface area contributed by atoms with Crippen molar-refractivity contribution >= 4 is 33.5 Å². The maximum atomic E-state index is 12.3. The Balaban J connectivity index is 1.70. The van der Waals surface area contributed by atoms with Crippen LogP contribution >= 0.6 is 15.9 Å². The van der Waals surface area contributed by atoms with Crippen LogP contribution in [0.3, 0.4) is 0 Å². The highest BCUT2D eigenvalue weighted by Crippen LogP contribution is 2.28. The number of amides is 1.